The minimum Gasteiger partial charge on any atom is -0.497 e. The Labute approximate surface area is 152 Å². The van der Waals surface area contributed by atoms with Crippen LogP contribution in [-0.2, 0) is 11.3 Å². The van der Waals surface area contributed by atoms with E-state index in [0.717, 1.165) is 22.6 Å². The number of carbonyl (C=O) groups excluding carboxylic acids is 1. The minimum atomic E-state index is -0.173. The van der Waals surface area contributed by atoms with E-state index in [0.29, 0.717) is 23.6 Å². The van der Waals surface area contributed by atoms with Crippen molar-refractivity contribution in [3.63, 3.8) is 0 Å². The van der Waals surface area contributed by atoms with Crippen LogP contribution in [0, 0.1) is 0 Å². The molecule has 0 saturated heterocycles. The van der Waals surface area contributed by atoms with Gasteiger partial charge in [0, 0.05) is 12.1 Å². The topological polar surface area (TPSA) is 66.0 Å². The Bertz CT molecular complexity index is 844. The van der Waals surface area contributed by atoms with Gasteiger partial charge in [-0.25, -0.2) is 0 Å². The summed E-state index contributed by atoms with van der Waals surface area (Å²) >= 11 is 0. The molecule has 2 aromatic rings. The van der Waals surface area contributed by atoms with Gasteiger partial charge in [0.25, 0.3) is 5.91 Å². The summed E-state index contributed by atoms with van der Waals surface area (Å²) in [5.41, 5.74) is 2.30. The zero-order chi connectivity index (χ0) is 18.5. The Morgan fingerprint density at radius 2 is 1.85 bits per heavy atom. The third-order valence-electron chi connectivity index (χ3n) is 4.12. The lowest BCUT2D eigenvalue weighted by Crippen LogP contribution is -2.28. The molecule has 1 heterocycles. The molecule has 3 rings (SSSR count). The van der Waals surface area contributed by atoms with Crippen molar-refractivity contribution in [3.8, 4) is 23.0 Å². The Morgan fingerprint density at radius 3 is 2.58 bits per heavy atom. The van der Waals surface area contributed by atoms with Crippen molar-refractivity contribution in [2.45, 2.75) is 6.54 Å². The molecular weight excluding hydrogens is 334 g/mol. The van der Waals surface area contributed by atoms with E-state index in [1.165, 1.54) is 0 Å². The van der Waals surface area contributed by atoms with Gasteiger partial charge in [-0.2, -0.15) is 0 Å². The van der Waals surface area contributed by atoms with E-state index in [1.54, 1.807) is 21.3 Å². The lowest BCUT2D eigenvalue weighted by atomic mass is 10.1. The summed E-state index contributed by atoms with van der Waals surface area (Å²) in [7, 11) is 4.77. The van der Waals surface area contributed by atoms with Crippen LogP contribution in [-0.4, -0.2) is 33.8 Å². The fourth-order valence-corrected chi connectivity index (χ4v) is 2.70. The second kappa shape index (κ2) is 7.82. The molecule has 0 saturated carbocycles. The summed E-state index contributed by atoms with van der Waals surface area (Å²) in [6.45, 7) is 0.610. The van der Waals surface area contributed by atoms with Crippen molar-refractivity contribution in [2.24, 2.45) is 0 Å². The molecule has 0 aromatic heterocycles. The van der Waals surface area contributed by atoms with Gasteiger partial charge in [0.1, 0.15) is 18.1 Å². The summed E-state index contributed by atoms with van der Waals surface area (Å²) in [5, 5.41) is 2.90. The Hall–Kier alpha value is -3.15. The van der Waals surface area contributed by atoms with E-state index < -0.39 is 0 Å². The van der Waals surface area contributed by atoms with Gasteiger partial charge in [-0.15, -0.1) is 0 Å². The largest absolute Gasteiger partial charge is 0.497 e. The third kappa shape index (κ3) is 3.74. The van der Waals surface area contributed by atoms with Crippen LogP contribution in [0.1, 0.15) is 11.1 Å². The highest BCUT2D eigenvalue weighted by atomic mass is 16.5. The second-order valence-corrected chi connectivity index (χ2v) is 5.73. The van der Waals surface area contributed by atoms with Crippen LogP contribution in [0.15, 0.2) is 42.0 Å². The Balaban J connectivity index is 1.69. The molecule has 0 fully saturated rings. The molecular formula is C20H21NO5. The lowest BCUT2D eigenvalue weighted by Gasteiger charge is -2.18. The molecule has 1 amide bonds. The zero-order valence-corrected chi connectivity index (χ0v) is 15.0. The van der Waals surface area contributed by atoms with Gasteiger partial charge < -0.3 is 24.3 Å². The van der Waals surface area contributed by atoms with E-state index in [-0.39, 0.29) is 12.5 Å². The number of benzene rings is 2. The van der Waals surface area contributed by atoms with Crippen molar-refractivity contribution in [3.05, 3.63) is 53.1 Å². The molecule has 1 aliphatic rings. The third-order valence-corrected chi connectivity index (χ3v) is 4.12. The van der Waals surface area contributed by atoms with Crippen LogP contribution < -0.4 is 24.3 Å². The van der Waals surface area contributed by atoms with Crippen molar-refractivity contribution >= 4 is 12.0 Å². The van der Waals surface area contributed by atoms with Crippen LogP contribution in [0.4, 0.5) is 0 Å². The number of methoxy groups -OCH3 is 3. The van der Waals surface area contributed by atoms with Crippen LogP contribution in [0.2, 0.25) is 0 Å². The molecule has 0 spiro atoms. The van der Waals surface area contributed by atoms with E-state index >= 15 is 0 Å². The number of rotatable bonds is 6. The molecule has 0 atom stereocenters. The van der Waals surface area contributed by atoms with Gasteiger partial charge in [-0.05, 0) is 42.0 Å². The summed E-state index contributed by atoms with van der Waals surface area (Å²) in [5.74, 6) is 2.56. The molecule has 0 radical (unpaired) electrons. The van der Waals surface area contributed by atoms with Gasteiger partial charge in [0.2, 0.25) is 0 Å². The van der Waals surface area contributed by atoms with Gasteiger partial charge >= 0.3 is 0 Å². The standard InChI is InChI=1S/C20H21NO5/c1-23-16-5-7-17-14(10-16)9-15(12-26-17)20(22)21-11-13-4-6-18(24-2)19(8-13)25-3/h4-10H,11-12H2,1-3H3,(H,21,22). The van der Waals surface area contributed by atoms with Crippen LogP contribution in [0.25, 0.3) is 6.08 Å². The van der Waals surface area contributed by atoms with Gasteiger partial charge in [0.05, 0.1) is 26.9 Å². The number of hydrogen-bond acceptors (Lipinski definition) is 5. The normalized spacial score (nSPS) is 12.3. The zero-order valence-electron chi connectivity index (χ0n) is 15.0. The summed E-state index contributed by atoms with van der Waals surface area (Å²) in [6.07, 6.45) is 1.82. The maximum Gasteiger partial charge on any atom is 0.250 e. The first-order chi connectivity index (χ1) is 12.6. The molecule has 136 valence electrons. The van der Waals surface area contributed by atoms with Gasteiger partial charge in [-0.1, -0.05) is 6.07 Å². The maximum absolute atomic E-state index is 12.5. The summed E-state index contributed by atoms with van der Waals surface area (Å²) < 4.78 is 21.4. The molecule has 1 N–H and O–H groups in total. The monoisotopic (exact) mass is 355 g/mol. The molecule has 6 nitrogen and oxygen atoms in total. The number of nitrogens with one attached hydrogen (secondary N) is 1. The fraction of sp³-hybridized carbons (Fsp3) is 0.250. The summed E-state index contributed by atoms with van der Waals surface area (Å²) in [4.78, 5) is 12.5. The predicted molar refractivity (Wildman–Crippen MR) is 97.9 cm³/mol. The highest BCUT2D eigenvalue weighted by molar-refractivity contribution is 5.99. The van der Waals surface area contributed by atoms with E-state index in [2.05, 4.69) is 5.32 Å². The summed E-state index contributed by atoms with van der Waals surface area (Å²) in [6, 6.07) is 11.0. The lowest BCUT2D eigenvalue weighted by molar-refractivity contribution is -0.117. The number of carbonyl (C=O) groups is 1. The highest BCUT2D eigenvalue weighted by Gasteiger charge is 2.18. The highest BCUT2D eigenvalue weighted by Crippen LogP contribution is 2.30. The maximum atomic E-state index is 12.5. The van der Waals surface area contributed by atoms with Crippen LogP contribution >= 0.6 is 0 Å². The number of ether oxygens (including phenoxy) is 4. The molecule has 0 unspecified atom stereocenters. The second-order valence-electron chi connectivity index (χ2n) is 5.73. The van der Waals surface area contributed by atoms with E-state index in [4.69, 9.17) is 18.9 Å². The quantitative estimate of drug-likeness (QED) is 0.863. The van der Waals surface area contributed by atoms with Crippen LogP contribution in [0.3, 0.4) is 0 Å². The van der Waals surface area contributed by atoms with Crippen molar-refractivity contribution in [1.82, 2.24) is 5.32 Å². The molecule has 26 heavy (non-hydrogen) atoms. The average molecular weight is 355 g/mol. The minimum absolute atomic E-state index is 0.173. The van der Waals surface area contributed by atoms with Crippen molar-refractivity contribution < 1.29 is 23.7 Å². The number of hydrogen-bond donors (Lipinski definition) is 1. The molecule has 0 bridgehead atoms. The van der Waals surface area contributed by atoms with Crippen molar-refractivity contribution in [1.29, 1.82) is 0 Å². The fourth-order valence-electron chi connectivity index (χ4n) is 2.70. The van der Waals surface area contributed by atoms with Gasteiger partial charge in [-0.3, -0.25) is 4.79 Å². The first kappa shape index (κ1) is 17.7. The first-order valence-electron chi connectivity index (χ1n) is 8.15. The molecule has 2 aromatic carbocycles. The molecule has 1 aliphatic heterocycles. The number of amides is 1. The van der Waals surface area contributed by atoms with Crippen LogP contribution in [0.5, 0.6) is 23.0 Å². The Morgan fingerprint density at radius 1 is 1.04 bits per heavy atom. The number of fused-ring (bicyclic) bond motifs is 1. The predicted octanol–water partition coefficient (Wildman–Crippen LogP) is 2.80. The van der Waals surface area contributed by atoms with Crippen molar-refractivity contribution in [2.75, 3.05) is 27.9 Å². The Kier molecular flexibility index (Phi) is 5.31. The average Bonchev–Trinajstić information content (AvgIpc) is 2.70. The molecule has 6 heteroatoms. The molecule has 0 aliphatic carbocycles. The smallest absolute Gasteiger partial charge is 0.250 e. The van der Waals surface area contributed by atoms with E-state index in [1.807, 2.05) is 42.5 Å². The van der Waals surface area contributed by atoms with E-state index in [9.17, 15) is 4.79 Å². The SMILES string of the molecule is COc1ccc2c(c1)C=C(C(=O)NCc1ccc(OC)c(OC)c1)CO2. The van der Waals surface area contributed by atoms with Gasteiger partial charge in [0.15, 0.2) is 11.5 Å². The first-order valence-corrected chi connectivity index (χ1v) is 8.15.